The molecule has 0 aromatic heterocycles. The first-order valence-corrected chi connectivity index (χ1v) is 9.20. The second kappa shape index (κ2) is 14.5. The molecule has 0 aliphatic heterocycles. The van der Waals surface area contributed by atoms with E-state index in [1.54, 1.807) is 0 Å². The molecule has 0 aromatic carbocycles. The Kier molecular flexibility index (Phi) is 15.9. The van der Waals surface area contributed by atoms with E-state index in [-0.39, 0.29) is 29.7 Å². The number of halogens is 1. The van der Waals surface area contributed by atoms with Crippen molar-refractivity contribution >= 4 is 40.0 Å². The number of ether oxygens (including phenoxy) is 1. The fraction of sp³-hybridized carbons (Fsp3) is 0.923. The first-order chi connectivity index (χ1) is 10.0. The van der Waals surface area contributed by atoms with Gasteiger partial charge in [0.25, 0.3) is 0 Å². The molecule has 22 heavy (non-hydrogen) atoms. The van der Waals surface area contributed by atoms with E-state index in [0.717, 1.165) is 6.54 Å². The first kappa shape index (κ1) is 24.1. The second-order valence-corrected chi connectivity index (χ2v) is 6.37. The highest BCUT2D eigenvalue weighted by molar-refractivity contribution is 14.0. The smallest absolute Gasteiger partial charge is 0.215 e. The lowest BCUT2D eigenvalue weighted by Gasteiger charge is -2.19. The van der Waals surface area contributed by atoms with Crippen molar-refractivity contribution in [2.24, 2.45) is 4.99 Å². The molecule has 7 nitrogen and oxygen atoms in total. The van der Waals surface area contributed by atoms with Crippen LogP contribution >= 0.6 is 24.0 Å². The molecule has 0 aliphatic rings. The number of hydrogen-bond donors (Lipinski definition) is 2. The number of rotatable bonds is 11. The van der Waals surface area contributed by atoms with E-state index < -0.39 is 10.0 Å². The third kappa shape index (κ3) is 10.6. The molecule has 134 valence electrons. The van der Waals surface area contributed by atoms with Gasteiger partial charge in [-0.25, -0.2) is 12.7 Å². The quantitative estimate of drug-likeness (QED) is 0.211. The number of aliphatic imine (C=N–C) groups is 1. The highest BCUT2D eigenvalue weighted by atomic mass is 127. The highest BCUT2D eigenvalue weighted by Gasteiger charge is 2.18. The van der Waals surface area contributed by atoms with Crippen LogP contribution in [0.1, 0.15) is 27.7 Å². The molecule has 0 spiro atoms. The Hall–Kier alpha value is -0.130. The first-order valence-electron chi connectivity index (χ1n) is 7.59. The molecule has 0 aliphatic carbocycles. The number of nitrogens with one attached hydrogen (secondary N) is 2. The van der Waals surface area contributed by atoms with Crippen molar-refractivity contribution < 1.29 is 13.2 Å². The Morgan fingerprint density at radius 2 is 1.77 bits per heavy atom. The van der Waals surface area contributed by atoms with Crippen LogP contribution in [-0.4, -0.2) is 70.4 Å². The number of sulfonamides is 1. The Bertz CT molecular complexity index is 387. The number of guanidine groups is 1. The van der Waals surface area contributed by atoms with Crippen molar-refractivity contribution in [2.75, 3.05) is 51.7 Å². The molecule has 0 saturated carbocycles. The van der Waals surface area contributed by atoms with Gasteiger partial charge in [0.05, 0.1) is 18.9 Å². The minimum absolute atomic E-state index is 0. The van der Waals surface area contributed by atoms with E-state index >= 15 is 0 Å². The molecule has 0 amide bonds. The predicted octanol–water partition coefficient (Wildman–Crippen LogP) is 0.868. The topological polar surface area (TPSA) is 83.0 Å². The SMILES string of the molecule is CCNC(=NCCOCC)NCCS(=O)(=O)N(CC)CC.I. The zero-order valence-electron chi connectivity index (χ0n) is 14.1. The van der Waals surface area contributed by atoms with Gasteiger partial charge in [-0.1, -0.05) is 13.8 Å². The molecule has 0 rings (SSSR count). The molecule has 0 atom stereocenters. The lowest BCUT2D eigenvalue weighted by atomic mass is 10.6. The number of hydrogen-bond acceptors (Lipinski definition) is 4. The maximum absolute atomic E-state index is 12.0. The predicted molar refractivity (Wildman–Crippen MR) is 103 cm³/mol. The summed E-state index contributed by atoms with van der Waals surface area (Å²) >= 11 is 0. The zero-order valence-corrected chi connectivity index (χ0v) is 17.2. The van der Waals surface area contributed by atoms with Gasteiger partial charge in [0.15, 0.2) is 5.96 Å². The Morgan fingerprint density at radius 1 is 1.14 bits per heavy atom. The van der Waals surface area contributed by atoms with E-state index in [1.165, 1.54) is 4.31 Å². The molecular formula is C13H31IN4O3S. The molecular weight excluding hydrogens is 419 g/mol. The Labute approximate surface area is 152 Å². The largest absolute Gasteiger partial charge is 0.380 e. The average molecular weight is 450 g/mol. The summed E-state index contributed by atoms with van der Waals surface area (Å²) in [6.07, 6.45) is 0. The zero-order chi connectivity index (χ0) is 16.1. The second-order valence-electron chi connectivity index (χ2n) is 4.28. The molecule has 9 heteroatoms. The summed E-state index contributed by atoms with van der Waals surface area (Å²) in [7, 11) is -3.20. The molecule has 0 radical (unpaired) electrons. The van der Waals surface area contributed by atoms with Crippen LogP contribution in [0.5, 0.6) is 0 Å². The third-order valence-corrected chi connectivity index (χ3v) is 4.83. The summed E-state index contributed by atoms with van der Waals surface area (Å²) in [6.45, 7) is 11.4. The van der Waals surface area contributed by atoms with Gasteiger partial charge in [-0.05, 0) is 13.8 Å². The monoisotopic (exact) mass is 450 g/mol. The van der Waals surface area contributed by atoms with Gasteiger partial charge in [0.1, 0.15) is 0 Å². The normalized spacial score (nSPS) is 12.1. The van der Waals surface area contributed by atoms with Crippen molar-refractivity contribution in [3.8, 4) is 0 Å². The van der Waals surface area contributed by atoms with Crippen LogP contribution < -0.4 is 10.6 Å². The lowest BCUT2D eigenvalue weighted by molar-refractivity contribution is 0.155. The van der Waals surface area contributed by atoms with Crippen molar-refractivity contribution in [3.05, 3.63) is 0 Å². The summed E-state index contributed by atoms with van der Waals surface area (Å²) in [5.74, 6) is 0.678. The van der Waals surface area contributed by atoms with Crippen LogP contribution in [0.3, 0.4) is 0 Å². The maximum Gasteiger partial charge on any atom is 0.215 e. The van der Waals surface area contributed by atoms with Crippen LogP contribution in [0.15, 0.2) is 4.99 Å². The lowest BCUT2D eigenvalue weighted by Crippen LogP contribution is -2.42. The van der Waals surface area contributed by atoms with Crippen LogP contribution in [0.4, 0.5) is 0 Å². The minimum Gasteiger partial charge on any atom is -0.380 e. The van der Waals surface area contributed by atoms with Crippen LogP contribution in [0, 0.1) is 0 Å². The Morgan fingerprint density at radius 3 is 2.27 bits per heavy atom. The fourth-order valence-corrected chi connectivity index (χ4v) is 3.16. The fourth-order valence-electron chi connectivity index (χ4n) is 1.75. The molecule has 0 aromatic rings. The molecule has 0 saturated heterocycles. The van der Waals surface area contributed by atoms with E-state index in [9.17, 15) is 8.42 Å². The van der Waals surface area contributed by atoms with Crippen molar-refractivity contribution in [1.29, 1.82) is 0 Å². The highest BCUT2D eigenvalue weighted by Crippen LogP contribution is 1.99. The number of nitrogens with zero attached hydrogens (tertiary/aromatic N) is 2. The van der Waals surface area contributed by atoms with E-state index in [2.05, 4.69) is 15.6 Å². The van der Waals surface area contributed by atoms with Crippen LogP contribution in [0.25, 0.3) is 0 Å². The minimum atomic E-state index is -3.20. The van der Waals surface area contributed by atoms with E-state index in [0.29, 0.717) is 45.4 Å². The summed E-state index contributed by atoms with van der Waals surface area (Å²) in [5, 5.41) is 6.11. The van der Waals surface area contributed by atoms with Crippen molar-refractivity contribution in [3.63, 3.8) is 0 Å². The van der Waals surface area contributed by atoms with E-state index in [4.69, 9.17) is 4.74 Å². The average Bonchev–Trinajstić information content (AvgIpc) is 2.44. The van der Waals surface area contributed by atoms with Gasteiger partial charge >= 0.3 is 0 Å². The van der Waals surface area contributed by atoms with E-state index in [1.807, 2.05) is 27.7 Å². The van der Waals surface area contributed by atoms with Crippen molar-refractivity contribution in [2.45, 2.75) is 27.7 Å². The van der Waals surface area contributed by atoms with Crippen LogP contribution in [-0.2, 0) is 14.8 Å². The van der Waals surface area contributed by atoms with Gasteiger partial charge in [-0.15, -0.1) is 24.0 Å². The molecule has 0 bridgehead atoms. The van der Waals surface area contributed by atoms with Gasteiger partial charge in [0, 0.05) is 32.8 Å². The van der Waals surface area contributed by atoms with Gasteiger partial charge in [0.2, 0.25) is 10.0 Å². The summed E-state index contributed by atoms with van der Waals surface area (Å²) in [6, 6.07) is 0. The van der Waals surface area contributed by atoms with Gasteiger partial charge in [-0.2, -0.15) is 0 Å². The third-order valence-electron chi connectivity index (χ3n) is 2.81. The molecule has 0 fully saturated rings. The van der Waals surface area contributed by atoms with Gasteiger partial charge < -0.3 is 15.4 Å². The van der Waals surface area contributed by atoms with Crippen LogP contribution in [0.2, 0.25) is 0 Å². The summed E-state index contributed by atoms with van der Waals surface area (Å²) < 4.78 is 30.8. The van der Waals surface area contributed by atoms with Crippen molar-refractivity contribution in [1.82, 2.24) is 14.9 Å². The molecule has 0 heterocycles. The summed E-state index contributed by atoms with van der Waals surface area (Å²) in [4.78, 5) is 4.32. The molecule has 0 unspecified atom stereocenters. The maximum atomic E-state index is 12.0. The van der Waals surface area contributed by atoms with Gasteiger partial charge in [-0.3, -0.25) is 4.99 Å². The Balaban J connectivity index is 0. The summed E-state index contributed by atoms with van der Waals surface area (Å²) in [5.41, 5.74) is 0. The standard InChI is InChI=1S/C13H30N4O3S.HI/c1-5-14-13(15-9-11-20-8-4)16-10-12-21(18,19)17(6-2)7-3;/h5-12H2,1-4H3,(H2,14,15,16);1H. The molecule has 2 N–H and O–H groups in total.